The number of rotatable bonds is 7. The molecule has 0 radical (unpaired) electrons. The number of aliphatic hydroxyl groups excluding tert-OH is 1. The molecule has 0 aromatic heterocycles. The molecule has 2 spiro atoms. The highest BCUT2D eigenvalue weighted by molar-refractivity contribution is 5.86. The number of fused-ring (bicyclic) bond motifs is 2. The molecule has 3 heterocycles. The number of aliphatic hydroxyl groups is 1. The first-order valence-corrected chi connectivity index (χ1v) is 13.8. The van der Waals surface area contributed by atoms with E-state index in [1.807, 2.05) is 0 Å². The molecule has 0 amide bonds. The zero-order valence-electron chi connectivity index (χ0n) is 23.2. The van der Waals surface area contributed by atoms with Crippen LogP contribution in [0.2, 0.25) is 0 Å². The van der Waals surface area contributed by atoms with E-state index >= 15 is 0 Å². The van der Waals surface area contributed by atoms with Gasteiger partial charge in [0.25, 0.3) is 0 Å². The van der Waals surface area contributed by atoms with Gasteiger partial charge in [0, 0.05) is 37.9 Å². The van der Waals surface area contributed by atoms with Crippen molar-refractivity contribution < 1.29 is 57.3 Å². The Morgan fingerprint density at radius 3 is 2.38 bits per heavy atom. The molecule has 0 aromatic carbocycles. The van der Waals surface area contributed by atoms with Gasteiger partial charge in [-0.2, -0.15) is 0 Å². The molecule has 12 heteroatoms. The third-order valence-electron chi connectivity index (χ3n) is 11.0. The van der Waals surface area contributed by atoms with Crippen molar-refractivity contribution in [2.24, 2.45) is 34.5 Å². The van der Waals surface area contributed by atoms with Crippen LogP contribution in [-0.4, -0.2) is 108 Å². The topological polar surface area (TPSA) is 137 Å². The van der Waals surface area contributed by atoms with Crippen LogP contribution in [0.3, 0.4) is 0 Å². The van der Waals surface area contributed by atoms with Gasteiger partial charge in [0.2, 0.25) is 5.60 Å². The summed E-state index contributed by atoms with van der Waals surface area (Å²) in [4.78, 5) is 26.9. The zero-order chi connectivity index (χ0) is 27.8. The smallest absolute Gasteiger partial charge is 0.341 e. The first-order valence-electron chi connectivity index (χ1n) is 13.8. The molecule has 220 valence electrons. The Hall–Kier alpha value is -1.38. The van der Waals surface area contributed by atoms with Gasteiger partial charge in [-0.3, -0.25) is 0 Å². The van der Waals surface area contributed by atoms with Gasteiger partial charge >= 0.3 is 11.9 Å². The van der Waals surface area contributed by atoms with Gasteiger partial charge in [-0.15, -0.1) is 0 Å². The normalized spacial score (nSPS) is 49.3. The summed E-state index contributed by atoms with van der Waals surface area (Å²) in [5.74, 6) is -3.54. The van der Waals surface area contributed by atoms with Crippen molar-refractivity contribution in [3.8, 4) is 0 Å². The summed E-state index contributed by atoms with van der Waals surface area (Å²) in [6, 6.07) is 0. The molecular weight excluding hydrogens is 516 g/mol. The van der Waals surface area contributed by atoms with Gasteiger partial charge in [-0.1, -0.05) is 13.8 Å². The Kier molecular flexibility index (Phi) is 6.83. The minimum absolute atomic E-state index is 0.0108. The molecule has 0 aromatic rings. The van der Waals surface area contributed by atoms with Crippen LogP contribution in [0.5, 0.6) is 0 Å². The number of esters is 2. The van der Waals surface area contributed by atoms with Crippen LogP contribution in [0.1, 0.15) is 33.1 Å². The van der Waals surface area contributed by atoms with Crippen LogP contribution < -0.4 is 0 Å². The number of hydrogen-bond donors (Lipinski definition) is 1. The van der Waals surface area contributed by atoms with Crippen molar-refractivity contribution in [1.29, 1.82) is 0 Å². The third-order valence-corrected chi connectivity index (χ3v) is 11.0. The fourth-order valence-corrected chi connectivity index (χ4v) is 9.68. The minimum Gasteiger partial charge on any atom is -0.467 e. The molecule has 6 aliphatic rings. The van der Waals surface area contributed by atoms with Crippen LogP contribution in [-0.2, 0) is 52.2 Å². The summed E-state index contributed by atoms with van der Waals surface area (Å²) in [7, 11) is 4.25. The van der Waals surface area contributed by atoms with E-state index < -0.39 is 64.5 Å². The van der Waals surface area contributed by atoms with Gasteiger partial charge < -0.3 is 47.7 Å². The average molecular weight is 557 g/mol. The predicted octanol–water partition coefficient (Wildman–Crippen LogP) is 0.625. The summed E-state index contributed by atoms with van der Waals surface area (Å²) in [5.41, 5.74) is -3.15. The molecule has 12 nitrogen and oxygen atoms in total. The summed E-state index contributed by atoms with van der Waals surface area (Å²) in [6.45, 7) is 5.28. The highest BCUT2D eigenvalue weighted by atomic mass is 16.7. The lowest BCUT2D eigenvalue weighted by atomic mass is 9.37. The van der Waals surface area contributed by atoms with Crippen molar-refractivity contribution in [2.75, 3.05) is 54.7 Å². The molecule has 1 N–H and O–H groups in total. The van der Waals surface area contributed by atoms with Crippen LogP contribution in [0.25, 0.3) is 0 Å². The first-order chi connectivity index (χ1) is 18.7. The molecule has 0 unspecified atom stereocenters. The highest BCUT2D eigenvalue weighted by Crippen LogP contribution is 2.74. The minimum atomic E-state index is -1.82. The number of methoxy groups -OCH3 is 3. The first kappa shape index (κ1) is 27.8. The van der Waals surface area contributed by atoms with E-state index in [4.69, 9.17) is 42.6 Å². The summed E-state index contributed by atoms with van der Waals surface area (Å²) >= 11 is 0. The number of hydrogen-bond acceptors (Lipinski definition) is 12. The average Bonchev–Trinajstić information content (AvgIpc) is 3.52. The third kappa shape index (κ3) is 3.40. The number of carbonyl (C=O) groups is 2. The van der Waals surface area contributed by atoms with Gasteiger partial charge in [0.15, 0.2) is 11.9 Å². The van der Waals surface area contributed by atoms with Crippen LogP contribution in [0.15, 0.2) is 0 Å². The van der Waals surface area contributed by atoms with Crippen LogP contribution in [0.4, 0.5) is 0 Å². The molecule has 11 atom stereocenters. The second-order valence-electron chi connectivity index (χ2n) is 12.2. The molecule has 6 rings (SSSR count). The van der Waals surface area contributed by atoms with E-state index in [2.05, 4.69) is 13.8 Å². The van der Waals surface area contributed by atoms with Gasteiger partial charge in [-0.05, 0) is 24.2 Å². The maximum absolute atomic E-state index is 13.7. The molecule has 3 saturated carbocycles. The van der Waals surface area contributed by atoms with Crippen molar-refractivity contribution in [1.82, 2.24) is 0 Å². The lowest BCUT2D eigenvalue weighted by Gasteiger charge is -2.70. The van der Waals surface area contributed by atoms with Crippen molar-refractivity contribution in [3.05, 3.63) is 0 Å². The number of carbonyl (C=O) groups excluding carboxylic acids is 2. The lowest BCUT2D eigenvalue weighted by Crippen LogP contribution is -2.80. The van der Waals surface area contributed by atoms with E-state index in [-0.39, 0.29) is 37.9 Å². The Balaban J connectivity index is 1.55. The van der Waals surface area contributed by atoms with Gasteiger partial charge in [0.05, 0.1) is 39.0 Å². The van der Waals surface area contributed by atoms with E-state index in [1.54, 1.807) is 0 Å². The Morgan fingerprint density at radius 1 is 1.03 bits per heavy atom. The SMILES string of the molecule is COCO[C@@H]1[C@@H]2[C@@]3(C)CCC4(OCCO4)[C@@H](C)[C@@H]3C[C@H]3OC(=O)[C@H](O)[C@H]4[C@](C(=O)OC)(OC[C@]234)[C@H]1OCOC. The summed E-state index contributed by atoms with van der Waals surface area (Å²) in [5, 5.41) is 11.5. The van der Waals surface area contributed by atoms with E-state index in [9.17, 15) is 14.7 Å². The fraction of sp³-hybridized carbons (Fsp3) is 0.926. The number of ether oxygens (including phenoxy) is 9. The largest absolute Gasteiger partial charge is 0.467 e. The maximum Gasteiger partial charge on any atom is 0.341 e. The second kappa shape index (κ2) is 9.59. The molecule has 3 aliphatic heterocycles. The van der Waals surface area contributed by atoms with E-state index in [0.29, 0.717) is 26.1 Å². The van der Waals surface area contributed by atoms with Gasteiger partial charge in [-0.25, -0.2) is 9.59 Å². The Labute approximate surface area is 227 Å². The van der Waals surface area contributed by atoms with Crippen LogP contribution in [0, 0.1) is 34.5 Å². The van der Waals surface area contributed by atoms with E-state index in [1.165, 1.54) is 21.3 Å². The molecule has 39 heavy (non-hydrogen) atoms. The fourth-order valence-electron chi connectivity index (χ4n) is 9.68. The molecule has 3 saturated heterocycles. The monoisotopic (exact) mass is 556 g/mol. The zero-order valence-corrected chi connectivity index (χ0v) is 23.2. The highest BCUT2D eigenvalue weighted by Gasteiger charge is 2.85. The maximum atomic E-state index is 13.7. The molecular formula is C27H40O12. The predicted molar refractivity (Wildman–Crippen MR) is 129 cm³/mol. The summed E-state index contributed by atoms with van der Waals surface area (Å²) < 4.78 is 53.4. The second-order valence-corrected chi connectivity index (χ2v) is 12.2. The molecule has 6 fully saturated rings. The van der Waals surface area contributed by atoms with Crippen LogP contribution >= 0.6 is 0 Å². The van der Waals surface area contributed by atoms with Crippen molar-refractivity contribution in [3.63, 3.8) is 0 Å². The van der Waals surface area contributed by atoms with Gasteiger partial charge in [0.1, 0.15) is 25.8 Å². The molecule has 3 aliphatic carbocycles. The Bertz CT molecular complexity index is 984. The summed E-state index contributed by atoms with van der Waals surface area (Å²) in [6.07, 6.45) is -2.13. The van der Waals surface area contributed by atoms with Crippen molar-refractivity contribution >= 4 is 11.9 Å². The quantitative estimate of drug-likeness (QED) is 0.348. The standard InChI is InChI=1S/C27H40O12/c1-14-15-10-16-25-11-38-27(23(30)33-5,19(25)17(28)22(29)39-16)21(35-13-32-4)18(34-12-31-3)20(25)24(15,2)6-7-26(14)36-8-9-37-26/h14-21,28H,6-13H2,1-5H3/t14-,15-,16+,17+,18+,19+,20+,21-,24-,25-,27-/m0/s1. The van der Waals surface area contributed by atoms with E-state index in [0.717, 1.165) is 6.42 Å². The lowest BCUT2D eigenvalue weighted by molar-refractivity contribution is -0.337. The Morgan fingerprint density at radius 2 is 1.72 bits per heavy atom. The van der Waals surface area contributed by atoms with Crippen molar-refractivity contribution in [2.45, 2.75) is 68.9 Å². The molecule has 2 bridgehead atoms.